The SMILES string of the molecule is NC(=O)C(NC(=O)Nc1ccc2cc[nH]c2c1)c1ccccc1. The van der Waals surface area contributed by atoms with Gasteiger partial charge < -0.3 is 21.4 Å². The highest BCUT2D eigenvalue weighted by Gasteiger charge is 2.19. The number of aromatic nitrogens is 1. The summed E-state index contributed by atoms with van der Waals surface area (Å²) in [6.07, 6.45) is 1.83. The van der Waals surface area contributed by atoms with Crippen LogP contribution in [0.1, 0.15) is 11.6 Å². The van der Waals surface area contributed by atoms with E-state index in [4.69, 9.17) is 5.73 Å². The molecule has 1 aromatic heterocycles. The first-order valence-electron chi connectivity index (χ1n) is 7.12. The quantitative estimate of drug-likeness (QED) is 0.595. The smallest absolute Gasteiger partial charge is 0.320 e. The molecule has 0 aliphatic carbocycles. The first-order valence-corrected chi connectivity index (χ1v) is 7.12. The van der Waals surface area contributed by atoms with E-state index in [1.54, 1.807) is 30.3 Å². The summed E-state index contributed by atoms with van der Waals surface area (Å²) in [5.74, 6) is -0.619. The molecular formula is C17H16N4O2. The van der Waals surface area contributed by atoms with Crippen molar-refractivity contribution in [1.29, 1.82) is 0 Å². The van der Waals surface area contributed by atoms with E-state index in [2.05, 4.69) is 15.6 Å². The summed E-state index contributed by atoms with van der Waals surface area (Å²) in [5, 5.41) is 6.34. The maximum absolute atomic E-state index is 12.1. The second-order valence-corrected chi connectivity index (χ2v) is 5.12. The monoisotopic (exact) mass is 308 g/mol. The largest absolute Gasteiger partial charge is 0.368 e. The van der Waals surface area contributed by atoms with Crippen LogP contribution in [-0.2, 0) is 4.79 Å². The van der Waals surface area contributed by atoms with Gasteiger partial charge >= 0.3 is 6.03 Å². The number of benzene rings is 2. The minimum atomic E-state index is -0.884. The molecule has 116 valence electrons. The normalized spacial score (nSPS) is 11.8. The molecule has 0 radical (unpaired) electrons. The Labute approximate surface area is 132 Å². The van der Waals surface area contributed by atoms with Crippen molar-refractivity contribution in [2.75, 3.05) is 5.32 Å². The highest BCUT2D eigenvalue weighted by molar-refractivity contribution is 5.95. The van der Waals surface area contributed by atoms with Crippen LogP contribution in [0.15, 0.2) is 60.8 Å². The van der Waals surface area contributed by atoms with E-state index in [-0.39, 0.29) is 0 Å². The average molecular weight is 308 g/mol. The molecule has 3 amide bonds. The molecule has 23 heavy (non-hydrogen) atoms. The predicted octanol–water partition coefficient (Wildman–Crippen LogP) is 2.52. The highest BCUT2D eigenvalue weighted by atomic mass is 16.2. The zero-order chi connectivity index (χ0) is 16.2. The third-order valence-corrected chi connectivity index (χ3v) is 3.51. The molecule has 3 aromatic rings. The summed E-state index contributed by atoms with van der Waals surface area (Å²) in [4.78, 5) is 26.8. The van der Waals surface area contributed by atoms with E-state index in [0.29, 0.717) is 11.3 Å². The van der Waals surface area contributed by atoms with Crippen molar-refractivity contribution in [3.05, 3.63) is 66.4 Å². The van der Waals surface area contributed by atoms with Crippen LogP contribution in [0.3, 0.4) is 0 Å². The summed E-state index contributed by atoms with van der Waals surface area (Å²) in [7, 11) is 0. The van der Waals surface area contributed by atoms with Gasteiger partial charge in [0.2, 0.25) is 5.91 Å². The van der Waals surface area contributed by atoms with Gasteiger partial charge in [0, 0.05) is 17.4 Å². The molecule has 0 saturated heterocycles. The Morgan fingerprint density at radius 2 is 1.83 bits per heavy atom. The van der Waals surface area contributed by atoms with E-state index in [1.807, 2.05) is 30.5 Å². The average Bonchev–Trinajstić information content (AvgIpc) is 3.01. The standard InChI is InChI=1S/C17H16N4O2/c18-16(22)15(12-4-2-1-3-5-12)21-17(23)20-13-7-6-11-8-9-19-14(11)10-13/h1-10,15,19H,(H2,18,22)(H2,20,21,23). The van der Waals surface area contributed by atoms with Gasteiger partial charge in [-0.2, -0.15) is 0 Å². The summed E-state index contributed by atoms with van der Waals surface area (Å²) < 4.78 is 0. The molecule has 5 N–H and O–H groups in total. The van der Waals surface area contributed by atoms with Crippen LogP contribution >= 0.6 is 0 Å². The number of hydrogen-bond acceptors (Lipinski definition) is 2. The first kappa shape index (κ1) is 14.6. The number of carbonyl (C=O) groups excluding carboxylic acids is 2. The number of urea groups is 1. The minimum Gasteiger partial charge on any atom is -0.368 e. The Hall–Kier alpha value is -3.28. The Morgan fingerprint density at radius 1 is 1.04 bits per heavy atom. The lowest BCUT2D eigenvalue weighted by Gasteiger charge is -2.16. The number of amides is 3. The Bertz CT molecular complexity index is 842. The summed E-state index contributed by atoms with van der Waals surface area (Å²) in [6.45, 7) is 0. The number of aromatic amines is 1. The Morgan fingerprint density at radius 3 is 2.57 bits per heavy atom. The van der Waals surface area contributed by atoms with Gasteiger partial charge in [-0.05, 0) is 29.1 Å². The van der Waals surface area contributed by atoms with Crippen molar-refractivity contribution in [3.8, 4) is 0 Å². The molecule has 0 aliphatic heterocycles. The molecule has 6 nitrogen and oxygen atoms in total. The Balaban J connectivity index is 1.73. The van der Waals surface area contributed by atoms with Gasteiger partial charge in [-0.1, -0.05) is 36.4 Å². The van der Waals surface area contributed by atoms with Crippen LogP contribution in [0, 0.1) is 0 Å². The molecule has 0 aliphatic rings. The molecule has 6 heteroatoms. The summed E-state index contributed by atoms with van der Waals surface area (Å²) >= 11 is 0. The molecule has 0 saturated carbocycles. The molecule has 0 fully saturated rings. The van der Waals surface area contributed by atoms with Gasteiger partial charge in [-0.25, -0.2) is 4.79 Å². The molecule has 1 heterocycles. The first-order chi connectivity index (χ1) is 11.1. The maximum Gasteiger partial charge on any atom is 0.320 e. The molecule has 1 atom stereocenters. The number of H-pyrrole nitrogens is 1. The Kier molecular flexibility index (Phi) is 3.97. The van der Waals surface area contributed by atoms with Crippen molar-refractivity contribution in [1.82, 2.24) is 10.3 Å². The molecule has 3 rings (SSSR count). The van der Waals surface area contributed by atoms with Crippen LogP contribution in [0.4, 0.5) is 10.5 Å². The van der Waals surface area contributed by atoms with E-state index < -0.39 is 18.0 Å². The zero-order valence-corrected chi connectivity index (χ0v) is 12.2. The molecule has 1 unspecified atom stereocenters. The van der Waals surface area contributed by atoms with Crippen LogP contribution < -0.4 is 16.4 Å². The van der Waals surface area contributed by atoms with Crippen molar-refractivity contribution in [2.24, 2.45) is 5.73 Å². The summed E-state index contributed by atoms with van der Waals surface area (Å²) in [6, 6.07) is 14.9. The van der Waals surface area contributed by atoms with Crippen LogP contribution in [0.2, 0.25) is 0 Å². The van der Waals surface area contributed by atoms with Gasteiger partial charge in [-0.3, -0.25) is 4.79 Å². The lowest BCUT2D eigenvalue weighted by atomic mass is 10.1. The van der Waals surface area contributed by atoms with Crippen molar-refractivity contribution in [2.45, 2.75) is 6.04 Å². The van der Waals surface area contributed by atoms with Gasteiger partial charge in [0.05, 0.1) is 0 Å². The number of anilines is 1. The number of hydrogen-bond donors (Lipinski definition) is 4. The minimum absolute atomic E-state index is 0.497. The number of rotatable bonds is 4. The van der Waals surface area contributed by atoms with Crippen molar-refractivity contribution < 1.29 is 9.59 Å². The van der Waals surface area contributed by atoms with Crippen LogP contribution in [-0.4, -0.2) is 16.9 Å². The van der Waals surface area contributed by atoms with Gasteiger partial charge in [0.25, 0.3) is 0 Å². The number of nitrogens with two attached hydrogens (primary N) is 1. The van der Waals surface area contributed by atoms with Gasteiger partial charge in [0.15, 0.2) is 0 Å². The third kappa shape index (κ3) is 3.32. The lowest BCUT2D eigenvalue weighted by Crippen LogP contribution is -2.39. The number of carbonyl (C=O) groups is 2. The van der Waals surface area contributed by atoms with Gasteiger partial charge in [-0.15, -0.1) is 0 Å². The summed E-state index contributed by atoms with van der Waals surface area (Å²) in [5.41, 5.74) is 7.55. The van der Waals surface area contributed by atoms with Crippen molar-refractivity contribution >= 4 is 28.5 Å². The van der Waals surface area contributed by atoms with Crippen LogP contribution in [0.5, 0.6) is 0 Å². The predicted molar refractivity (Wildman–Crippen MR) is 88.8 cm³/mol. The number of fused-ring (bicyclic) bond motifs is 1. The van der Waals surface area contributed by atoms with E-state index in [1.165, 1.54) is 0 Å². The molecular weight excluding hydrogens is 292 g/mol. The maximum atomic E-state index is 12.1. The fraction of sp³-hybridized carbons (Fsp3) is 0.0588. The van der Waals surface area contributed by atoms with Crippen molar-refractivity contribution in [3.63, 3.8) is 0 Å². The fourth-order valence-corrected chi connectivity index (χ4v) is 2.39. The zero-order valence-electron chi connectivity index (χ0n) is 12.2. The van der Waals surface area contributed by atoms with E-state index in [9.17, 15) is 9.59 Å². The molecule has 2 aromatic carbocycles. The van der Waals surface area contributed by atoms with E-state index in [0.717, 1.165) is 10.9 Å². The number of primary amides is 1. The second-order valence-electron chi connectivity index (χ2n) is 5.12. The number of nitrogens with one attached hydrogen (secondary N) is 3. The third-order valence-electron chi connectivity index (χ3n) is 3.51. The van der Waals surface area contributed by atoms with Crippen LogP contribution in [0.25, 0.3) is 10.9 Å². The fourth-order valence-electron chi connectivity index (χ4n) is 2.39. The topological polar surface area (TPSA) is 100 Å². The highest BCUT2D eigenvalue weighted by Crippen LogP contribution is 2.18. The van der Waals surface area contributed by atoms with E-state index >= 15 is 0 Å². The molecule has 0 spiro atoms. The lowest BCUT2D eigenvalue weighted by molar-refractivity contribution is -0.119. The van der Waals surface area contributed by atoms with Gasteiger partial charge in [0.1, 0.15) is 6.04 Å². The second kappa shape index (κ2) is 6.23. The molecule has 0 bridgehead atoms.